The van der Waals surface area contributed by atoms with Crippen molar-refractivity contribution in [1.29, 1.82) is 0 Å². The third-order valence-electron chi connectivity index (χ3n) is 3.92. The van der Waals surface area contributed by atoms with E-state index in [1.165, 1.54) is 18.7 Å². The number of nitrogens with one attached hydrogen (secondary N) is 1. The minimum atomic E-state index is 0.669. The lowest BCUT2D eigenvalue weighted by molar-refractivity contribution is 0.104. The molecule has 20 heavy (non-hydrogen) atoms. The molecule has 0 aromatic carbocycles. The van der Waals surface area contributed by atoms with Crippen molar-refractivity contribution in [3.8, 4) is 0 Å². The average molecular weight is 276 g/mol. The van der Waals surface area contributed by atoms with Crippen LogP contribution in [-0.4, -0.2) is 53.5 Å². The van der Waals surface area contributed by atoms with Crippen molar-refractivity contribution in [3.63, 3.8) is 0 Å². The van der Waals surface area contributed by atoms with E-state index in [4.69, 9.17) is 0 Å². The molecule has 4 nitrogen and oxygen atoms in total. The van der Waals surface area contributed by atoms with Crippen LogP contribution in [0.15, 0.2) is 18.3 Å². The molecule has 1 N–H and O–H groups in total. The Bertz CT molecular complexity index is 397. The maximum absolute atomic E-state index is 4.37. The molecule has 0 unspecified atom stereocenters. The van der Waals surface area contributed by atoms with Crippen LogP contribution >= 0.6 is 0 Å². The quantitative estimate of drug-likeness (QED) is 0.864. The predicted molar refractivity (Wildman–Crippen MR) is 85.0 cm³/mol. The SMILES string of the molecule is CCCNc1cc(CN2CCN(C(C)C)CC2)ccn1. The van der Waals surface area contributed by atoms with Gasteiger partial charge in [0.25, 0.3) is 0 Å². The first-order chi connectivity index (χ1) is 9.69. The molecule has 1 aliphatic heterocycles. The van der Waals surface area contributed by atoms with E-state index in [0.717, 1.165) is 38.4 Å². The van der Waals surface area contributed by atoms with Crippen LogP contribution in [0.2, 0.25) is 0 Å². The summed E-state index contributed by atoms with van der Waals surface area (Å²) in [5.41, 5.74) is 1.36. The van der Waals surface area contributed by atoms with Crippen molar-refractivity contribution in [2.45, 2.75) is 39.8 Å². The summed E-state index contributed by atoms with van der Waals surface area (Å²) in [6, 6.07) is 4.99. The minimum absolute atomic E-state index is 0.669. The van der Waals surface area contributed by atoms with Crippen LogP contribution in [0.25, 0.3) is 0 Å². The highest BCUT2D eigenvalue weighted by molar-refractivity contribution is 5.37. The number of anilines is 1. The summed E-state index contributed by atoms with van der Waals surface area (Å²) in [6.07, 6.45) is 3.04. The zero-order valence-corrected chi connectivity index (χ0v) is 13.1. The summed E-state index contributed by atoms with van der Waals surface area (Å²) in [5.74, 6) is 1.00. The number of hydrogen-bond donors (Lipinski definition) is 1. The minimum Gasteiger partial charge on any atom is -0.370 e. The Morgan fingerprint density at radius 1 is 1.25 bits per heavy atom. The summed E-state index contributed by atoms with van der Waals surface area (Å²) < 4.78 is 0. The normalized spacial score (nSPS) is 17.6. The second-order valence-corrected chi connectivity index (χ2v) is 5.88. The second kappa shape index (κ2) is 7.60. The van der Waals surface area contributed by atoms with Gasteiger partial charge in [-0.1, -0.05) is 6.92 Å². The van der Waals surface area contributed by atoms with Crippen molar-refractivity contribution in [2.24, 2.45) is 0 Å². The first-order valence-electron chi connectivity index (χ1n) is 7.84. The topological polar surface area (TPSA) is 31.4 Å². The second-order valence-electron chi connectivity index (χ2n) is 5.88. The van der Waals surface area contributed by atoms with E-state index in [1.54, 1.807) is 0 Å². The third kappa shape index (κ3) is 4.46. The van der Waals surface area contributed by atoms with Crippen LogP contribution in [0.4, 0.5) is 5.82 Å². The van der Waals surface area contributed by atoms with Crippen LogP contribution in [0, 0.1) is 0 Å². The summed E-state index contributed by atoms with van der Waals surface area (Å²) in [7, 11) is 0. The lowest BCUT2D eigenvalue weighted by atomic mass is 10.2. The van der Waals surface area contributed by atoms with Crippen molar-refractivity contribution < 1.29 is 0 Å². The molecule has 1 aromatic heterocycles. The smallest absolute Gasteiger partial charge is 0.126 e. The molecule has 0 spiro atoms. The number of rotatable bonds is 6. The van der Waals surface area contributed by atoms with Gasteiger partial charge in [0.1, 0.15) is 5.82 Å². The van der Waals surface area contributed by atoms with Gasteiger partial charge < -0.3 is 5.32 Å². The van der Waals surface area contributed by atoms with Gasteiger partial charge in [0.2, 0.25) is 0 Å². The maximum Gasteiger partial charge on any atom is 0.126 e. The van der Waals surface area contributed by atoms with Crippen LogP contribution in [-0.2, 0) is 6.54 Å². The first kappa shape index (κ1) is 15.3. The molecule has 1 fully saturated rings. The molecular weight excluding hydrogens is 248 g/mol. The highest BCUT2D eigenvalue weighted by Crippen LogP contribution is 2.12. The number of nitrogens with zero attached hydrogens (tertiary/aromatic N) is 3. The number of piperazine rings is 1. The molecule has 4 heteroatoms. The van der Waals surface area contributed by atoms with Crippen LogP contribution in [0.3, 0.4) is 0 Å². The van der Waals surface area contributed by atoms with Gasteiger partial charge in [-0.15, -0.1) is 0 Å². The zero-order chi connectivity index (χ0) is 14.4. The monoisotopic (exact) mass is 276 g/mol. The molecule has 0 saturated carbocycles. The van der Waals surface area contributed by atoms with Crippen LogP contribution in [0.1, 0.15) is 32.8 Å². The van der Waals surface area contributed by atoms with E-state index < -0.39 is 0 Å². The largest absolute Gasteiger partial charge is 0.370 e. The Labute approximate surface area is 123 Å². The van der Waals surface area contributed by atoms with Gasteiger partial charge in [-0.25, -0.2) is 4.98 Å². The van der Waals surface area contributed by atoms with Crippen LogP contribution in [0.5, 0.6) is 0 Å². The molecule has 0 bridgehead atoms. The van der Waals surface area contributed by atoms with Crippen molar-refractivity contribution >= 4 is 5.82 Å². The Kier molecular flexibility index (Phi) is 5.80. The number of aromatic nitrogens is 1. The fourth-order valence-corrected chi connectivity index (χ4v) is 2.62. The Morgan fingerprint density at radius 2 is 2.00 bits per heavy atom. The van der Waals surface area contributed by atoms with E-state index in [-0.39, 0.29) is 0 Å². The van der Waals surface area contributed by atoms with Crippen LogP contribution < -0.4 is 5.32 Å². The lowest BCUT2D eigenvalue weighted by Gasteiger charge is -2.36. The Morgan fingerprint density at radius 3 is 2.65 bits per heavy atom. The average Bonchev–Trinajstić information content (AvgIpc) is 2.46. The molecule has 2 rings (SSSR count). The molecule has 0 amide bonds. The van der Waals surface area contributed by atoms with Crippen molar-refractivity contribution in [2.75, 3.05) is 38.0 Å². The maximum atomic E-state index is 4.37. The highest BCUT2D eigenvalue weighted by atomic mass is 15.3. The molecule has 1 saturated heterocycles. The van der Waals surface area contributed by atoms with E-state index in [0.29, 0.717) is 6.04 Å². The molecule has 112 valence electrons. The summed E-state index contributed by atoms with van der Waals surface area (Å²) in [6.45, 7) is 13.5. The van der Waals surface area contributed by atoms with Gasteiger partial charge in [0.05, 0.1) is 0 Å². The summed E-state index contributed by atoms with van der Waals surface area (Å²) in [4.78, 5) is 9.46. The Balaban J connectivity index is 1.84. The summed E-state index contributed by atoms with van der Waals surface area (Å²) in [5, 5.41) is 3.36. The molecule has 0 radical (unpaired) electrons. The first-order valence-corrected chi connectivity index (χ1v) is 7.84. The molecule has 1 aromatic rings. The van der Waals surface area contributed by atoms with Crippen molar-refractivity contribution in [3.05, 3.63) is 23.9 Å². The molecule has 0 aliphatic carbocycles. The lowest BCUT2D eigenvalue weighted by Crippen LogP contribution is -2.48. The highest BCUT2D eigenvalue weighted by Gasteiger charge is 2.18. The van der Waals surface area contributed by atoms with Gasteiger partial charge in [-0.2, -0.15) is 0 Å². The van der Waals surface area contributed by atoms with Gasteiger partial charge in [0, 0.05) is 51.5 Å². The van der Waals surface area contributed by atoms with E-state index in [2.05, 4.69) is 53.0 Å². The molecular formula is C16H28N4. The van der Waals surface area contributed by atoms with Gasteiger partial charge in [0.15, 0.2) is 0 Å². The van der Waals surface area contributed by atoms with E-state index in [9.17, 15) is 0 Å². The van der Waals surface area contributed by atoms with Gasteiger partial charge >= 0.3 is 0 Å². The zero-order valence-electron chi connectivity index (χ0n) is 13.1. The van der Waals surface area contributed by atoms with E-state index >= 15 is 0 Å². The fourth-order valence-electron chi connectivity index (χ4n) is 2.62. The van der Waals surface area contributed by atoms with E-state index in [1.807, 2.05) is 6.20 Å². The van der Waals surface area contributed by atoms with Gasteiger partial charge in [-0.3, -0.25) is 9.80 Å². The fraction of sp³-hybridized carbons (Fsp3) is 0.688. The molecule has 2 heterocycles. The number of hydrogen-bond acceptors (Lipinski definition) is 4. The third-order valence-corrected chi connectivity index (χ3v) is 3.92. The standard InChI is InChI=1S/C16H28N4/c1-4-6-17-16-12-15(5-7-18-16)13-19-8-10-20(11-9-19)14(2)3/h5,7,12,14H,4,6,8-11,13H2,1-3H3,(H,17,18). The number of pyridine rings is 1. The van der Waals surface area contributed by atoms with Crippen molar-refractivity contribution in [1.82, 2.24) is 14.8 Å². The Hall–Kier alpha value is -1.13. The summed E-state index contributed by atoms with van der Waals surface area (Å²) >= 11 is 0. The molecule has 1 aliphatic rings. The molecule has 0 atom stereocenters. The van der Waals surface area contributed by atoms with Gasteiger partial charge in [-0.05, 0) is 38.0 Å². The predicted octanol–water partition coefficient (Wildman–Crippen LogP) is 2.43.